The molecule has 0 atom stereocenters. The summed E-state index contributed by atoms with van der Waals surface area (Å²) in [5.41, 5.74) is 5.87. The van der Waals surface area contributed by atoms with Crippen LogP contribution < -0.4 is 20.2 Å². The lowest BCUT2D eigenvalue weighted by Crippen LogP contribution is -2.19. The van der Waals surface area contributed by atoms with Gasteiger partial charge >= 0.3 is 0 Å². The second kappa shape index (κ2) is 13.1. The van der Waals surface area contributed by atoms with Gasteiger partial charge in [-0.2, -0.15) is 5.10 Å². The molecule has 0 aliphatic rings. The number of nitrogens with zero attached hydrogens (tertiary/aromatic N) is 3. The molecule has 2 N–H and O–H groups in total. The van der Waals surface area contributed by atoms with E-state index in [0.29, 0.717) is 34.7 Å². The normalized spacial score (nSPS) is 10.8. The van der Waals surface area contributed by atoms with Gasteiger partial charge in [0.25, 0.3) is 5.91 Å². The van der Waals surface area contributed by atoms with E-state index >= 15 is 0 Å². The van der Waals surface area contributed by atoms with Crippen LogP contribution in [0.1, 0.15) is 32.1 Å². The Labute approximate surface area is 224 Å². The fourth-order valence-corrected chi connectivity index (χ4v) is 4.06. The molecule has 1 heterocycles. The fourth-order valence-electron chi connectivity index (χ4n) is 3.33. The van der Waals surface area contributed by atoms with Crippen LogP contribution in [0.15, 0.2) is 77.9 Å². The predicted octanol–water partition coefficient (Wildman–Crippen LogP) is 4.56. The molecule has 4 rings (SSSR count). The Hall–Kier alpha value is -4.57. The van der Waals surface area contributed by atoms with Crippen LogP contribution in [0.4, 0.5) is 5.13 Å². The first kappa shape index (κ1) is 26.5. The summed E-state index contributed by atoms with van der Waals surface area (Å²) in [6.07, 6.45) is 1.53. The van der Waals surface area contributed by atoms with E-state index in [1.807, 2.05) is 74.5 Å². The summed E-state index contributed by atoms with van der Waals surface area (Å²) in [5.74, 6) is 0.902. The fraction of sp³-hybridized carbons (Fsp3) is 0.179. The quantitative estimate of drug-likeness (QED) is 0.167. The maximum Gasteiger partial charge on any atom is 0.257 e. The van der Waals surface area contributed by atoms with E-state index in [4.69, 9.17) is 9.47 Å². The predicted molar refractivity (Wildman–Crippen MR) is 147 cm³/mol. The summed E-state index contributed by atoms with van der Waals surface area (Å²) in [4.78, 5) is 24.6. The van der Waals surface area contributed by atoms with Crippen LogP contribution in [0.3, 0.4) is 0 Å². The molecule has 0 unspecified atom stereocenters. The van der Waals surface area contributed by atoms with Crippen LogP contribution >= 0.6 is 11.3 Å². The van der Waals surface area contributed by atoms with Gasteiger partial charge in [0.05, 0.1) is 12.6 Å². The topological polar surface area (TPSA) is 115 Å². The smallest absolute Gasteiger partial charge is 0.257 e. The van der Waals surface area contributed by atoms with Crippen LogP contribution in [0.2, 0.25) is 0 Å². The minimum atomic E-state index is -0.345. The summed E-state index contributed by atoms with van der Waals surface area (Å²) in [6.45, 7) is 4.74. The number of hydrazone groups is 1. The zero-order valence-corrected chi connectivity index (χ0v) is 21.8. The van der Waals surface area contributed by atoms with Gasteiger partial charge in [-0.25, -0.2) is 5.43 Å². The molecular formula is C28H27N5O4S. The molecule has 2 amide bonds. The van der Waals surface area contributed by atoms with Gasteiger partial charge in [0.15, 0.2) is 0 Å². The standard InChI is InChI=1S/C28H27N5O4S/c1-19-7-11-22(12-8-19)36-15-16-37-23-13-9-21(10-14-23)18-29-31-25(34)17-26-32-33-28(38-26)30-27(35)24-6-4-3-5-20(24)2/h3-14,18H,15-17H2,1-2H3,(H,31,34)(H,30,33,35)/b29-18-. The van der Waals surface area contributed by atoms with Gasteiger partial charge in [-0.15, -0.1) is 10.2 Å². The average Bonchev–Trinajstić information content (AvgIpc) is 3.35. The molecule has 0 aliphatic heterocycles. The molecule has 38 heavy (non-hydrogen) atoms. The summed E-state index contributed by atoms with van der Waals surface area (Å²) >= 11 is 1.14. The third-order valence-corrected chi connectivity index (χ3v) is 6.15. The number of aromatic nitrogens is 2. The largest absolute Gasteiger partial charge is 0.490 e. The average molecular weight is 530 g/mol. The number of anilines is 1. The number of aryl methyl sites for hydroxylation is 2. The number of carbonyl (C=O) groups is 2. The molecule has 0 spiro atoms. The highest BCUT2D eigenvalue weighted by Gasteiger charge is 2.13. The van der Waals surface area contributed by atoms with E-state index in [9.17, 15) is 9.59 Å². The zero-order chi connectivity index (χ0) is 26.7. The summed E-state index contributed by atoms with van der Waals surface area (Å²) < 4.78 is 11.3. The minimum Gasteiger partial charge on any atom is -0.490 e. The van der Waals surface area contributed by atoms with Crippen molar-refractivity contribution in [3.05, 3.63) is 100 Å². The van der Waals surface area contributed by atoms with Crippen LogP contribution in [-0.4, -0.2) is 41.4 Å². The molecule has 0 saturated carbocycles. The van der Waals surface area contributed by atoms with Crippen molar-refractivity contribution >= 4 is 34.5 Å². The Morgan fingerprint density at radius 3 is 2.24 bits per heavy atom. The van der Waals surface area contributed by atoms with Crippen molar-refractivity contribution in [3.63, 3.8) is 0 Å². The van der Waals surface area contributed by atoms with E-state index in [1.54, 1.807) is 12.1 Å². The number of hydrogen-bond acceptors (Lipinski definition) is 8. The SMILES string of the molecule is Cc1ccc(OCCOc2ccc(/C=N\NC(=O)Cc3nnc(NC(=O)c4ccccc4C)s3)cc2)cc1. The highest BCUT2D eigenvalue weighted by Crippen LogP contribution is 2.18. The van der Waals surface area contributed by atoms with Crippen LogP contribution in [0, 0.1) is 13.8 Å². The third kappa shape index (κ3) is 7.97. The Kier molecular flexibility index (Phi) is 9.14. The van der Waals surface area contributed by atoms with Crippen molar-refractivity contribution in [2.45, 2.75) is 20.3 Å². The van der Waals surface area contributed by atoms with E-state index in [-0.39, 0.29) is 18.2 Å². The lowest BCUT2D eigenvalue weighted by molar-refractivity contribution is -0.120. The van der Waals surface area contributed by atoms with Crippen molar-refractivity contribution in [1.82, 2.24) is 15.6 Å². The second-order valence-corrected chi connectivity index (χ2v) is 9.38. The molecule has 0 radical (unpaired) electrons. The summed E-state index contributed by atoms with van der Waals surface area (Å²) in [7, 11) is 0. The molecule has 0 saturated heterocycles. The van der Waals surface area contributed by atoms with Gasteiger partial charge in [-0.1, -0.05) is 47.2 Å². The van der Waals surface area contributed by atoms with Crippen LogP contribution in [-0.2, 0) is 11.2 Å². The number of benzene rings is 3. The van der Waals surface area contributed by atoms with Gasteiger partial charge in [0.2, 0.25) is 11.0 Å². The highest BCUT2D eigenvalue weighted by molar-refractivity contribution is 7.15. The second-order valence-electron chi connectivity index (χ2n) is 8.32. The molecule has 0 bridgehead atoms. The minimum absolute atomic E-state index is 0.00726. The molecule has 194 valence electrons. The Balaban J connectivity index is 1.17. The van der Waals surface area contributed by atoms with Gasteiger partial charge in [0.1, 0.15) is 29.7 Å². The van der Waals surface area contributed by atoms with Crippen LogP contribution in [0.25, 0.3) is 0 Å². The van der Waals surface area contributed by atoms with Crippen molar-refractivity contribution in [2.75, 3.05) is 18.5 Å². The van der Waals surface area contributed by atoms with Crippen LogP contribution in [0.5, 0.6) is 11.5 Å². The number of amides is 2. The molecule has 10 heteroatoms. The van der Waals surface area contributed by atoms with E-state index in [1.165, 1.54) is 11.8 Å². The first-order valence-electron chi connectivity index (χ1n) is 11.9. The molecular weight excluding hydrogens is 502 g/mol. The number of rotatable bonds is 11. The Bertz CT molecular complexity index is 1400. The lowest BCUT2D eigenvalue weighted by atomic mass is 10.1. The molecule has 0 fully saturated rings. The Morgan fingerprint density at radius 2 is 1.55 bits per heavy atom. The maximum absolute atomic E-state index is 12.4. The summed E-state index contributed by atoms with van der Waals surface area (Å²) in [6, 6.07) is 22.4. The monoisotopic (exact) mass is 529 g/mol. The van der Waals surface area contributed by atoms with Crippen molar-refractivity contribution in [3.8, 4) is 11.5 Å². The molecule has 3 aromatic carbocycles. The third-order valence-electron chi connectivity index (χ3n) is 5.31. The zero-order valence-electron chi connectivity index (χ0n) is 21.0. The van der Waals surface area contributed by atoms with Gasteiger partial charge < -0.3 is 9.47 Å². The van der Waals surface area contributed by atoms with Crippen molar-refractivity contribution in [1.29, 1.82) is 0 Å². The maximum atomic E-state index is 12.4. The van der Waals surface area contributed by atoms with Crippen molar-refractivity contribution < 1.29 is 19.1 Å². The molecule has 0 aliphatic carbocycles. The number of carbonyl (C=O) groups excluding carboxylic acids is 2. The lowest BCUT2D eigenvalue weighted by Gasteiger charge is -2.08. The van der Waals surface area contributed by atoms with Crippen molar-refractivity contribution in [2.24, 2.45) is 5.10 Å². The highest BCUT2D eigenvalue weighted by atomic mass is 32.1. The molecule has 9 nitrogen and oxygen atoms in total. The Morgan fingerprint density at radius 1 is 0.895 bits per heavy atom. The summed E-state index contributed by atoms with van der Waals surface area (Å²) in [5, 5.41) is 15.4. The molecule has 4 aromatic rings. The molecule has 1 aromatic heterocycles. The van der Waals surface area contributed by atoms with E-state index in [0.717, 1.165) is 28.2 Å². The number of nitrogens with one attached hydrogen (secondary N) is 2. The van der Waals surface area contributed by atoms with Gasteiger partial charge in [-0.05, 0) is 67.4 Å². The van der Waals surface area contributed by atoms with E-state index < -0.39 is 0 Å². The number of ether oxygens (including phenoxy) is 2. The van der Waals surface area contributed by atoms with E-state index in [2.05, 4.69) is 26.0 Å². The van der Waals surface area contributed by atoms with Gasteiger partial charge in [-0.3, -0.25) is 14.9 Å². The number of hydrogen-bond donors (Lipinski definition) is 2. The van der Waals surface area contributed by atoms with Gasteiger partial charge in [0, 0.05) is 5.56 Å². The first-order chi connectivity index (χ1) is 18.5. The first-order valence-corrected chi connectivity index (χ1v) is 12.7.